The van der Waals surface area contributed by atoms with Crippen LogP contribution < -0.4 is 14.5 Å². The van der Waals surface area contributed by atoms with Gasteiger partial charge in [0.05, 0.1) is 28.0 Å². The van der Waals surface area contributed by atoms with Crippen molar-refractivity contribution in [2.75, 3.05) is 16.5 Å². The number of rotatable bonds is 10. The lowest BCUT2D eigenvalue weighted by molar-refractivity contribution is 0.483. The highest BCUT2D eigenvalue weighted by molar-refractivity contribution is 6.09. The Morgan fingerprint density at radius 2 is 1.14 bits per heavy atom. The summed E-state index contributed by atoms with van der Waals surface area (Å²) in [5, 5.41) is 2.23. The van der Waals surface area contributed by atoms with E-state index in [4.69, 9.17) is 9.72 Å². The van der Waals surface area contributed by atoms with Gasteiger partial charge in [-0.1, -0.05) is 133 Å². The summed E-state index contributed by atoms with van der Waals surface area (Å²) in [7, 11) is 0. The van der Waals surface area contributed by atoms with Gasteiger partial charge in [-0.2, -0.15) is 0 Å². The zero-order chi connectivity index (χ0) is 50.0. The predicted molar refractivity (Wildman–Crippen MR) is 290 cm³/mol. The number of para-hydroxylation sites is 3. The molecule has 0 unspecified atom stereocenters. The topological polar surface area (TPSA) is 33.5 Å². The summed E-state index contributed by atoms with van der Waals surface area (Å²) in [5.74, 6) is -0.689. The van der Waals surface area contributed by atoms with E-state index in [0.29, 0.717) is 23.7 Å². The fraction of sp³-hybridized carbons (Fsp3) is 0.172. The van der Waals surface area contributed by atoms with Gasteiger partial charge in [0.1, 0.15) is 41.4 Å². The van der Waals surface area contributed by atoms with Crippen LogP contribution in [0, 0.1) is 17.5 Å². The molecule has 8 heteroatoms. The highest BCUT2D eigenvalue weighted by Crippen LogP contribution is 2.51. The SMILES string of the molecule is CC(C)c1cc(-c2c(F)cc(F)cc2F)cc(C(C)C)c1N1CN(c2cc(Oc3ccc4c5ccccc5n(-c5cc(C(C)(C)C)ccn5)c4c3)cc(-c3ccccc3-c3ccccc3)c2)c2ccccc21. The molecule has 10 aromatic rings. The molecule has 0 bridgehead atoms. The first-order valence-electron chi connectivity index (χ1n) is 24.7. The first-order chi connectivity index (χ1) is 34.7. The lowest BCUT2D eigenvalue weighted by atomic mass is 9.87. The number of anilines is 4. The molecule has 358 valence electrons. The Balaban J connectivity index is 1.07. The van der Waals surface area contributed by atoms with Crippen molar-refractivity contribution in [2.45, 2.75) is 65.7 Å². The third kappa shape index (κ3) is 8.34. The van der Waals surface area contributed by atoms with Gasteiger partial charge in [-0.05, 0) is 128 Å². The summed E-state index contributed by atoms with van der Waals surface area (Å²) in [6.45, 7) is 15.5. The smallest absolute Gasteiger partial charge is 0.137 e. The molecule has 1 aliphatic heterocycles. The Bertz CT molecular complexity index is 3650. The monoisotopic (exact) mass is 952 g/mol. The number of aromatic nitrogens is 2. The van der Waals surface area contributed by atoms with Crippen molar-refractivity contribution < 1.29 is 17.9 Å². The number of benzene rings is 8. The third-order valence-electron chi connectivity index (χ3n) is 14.0. The molecule has 0 N–H and O–H groups in total. The van der Waals surface area contributed by atoms with Gasteiger partial charge in [-0.3, -0.25) is 4.57 Å². The Morgan fingerprint density at radius 3 is 1.82 bits per heavy atom. The summed E-state index contributed by atoms with van der Waals surface area (Å²) >= 11 is 0. The molecule has 0 saturated heterocycles. The Morgan fingerprint density at radius 1 is 0.528 bits per heavy atom. The highest BCUT2D eigenvalue weighted by Gasteiger charge is 2.33. The van der Waals surface area contributed by atoms with Crippen molar-refractivity contribution in [1.29, 1.82) is 0 Å². The van der Waals surface area contributed by atoms with Crippen LogP contribution in [0.25, 0.3) is 61.0 Å². The van der Waals surface area contributed by atoms with Gasteiger partial charge in [0, 0.05) is 52.6 Å². The van der Waals surface area contributed by atoms with Gasteiger partial charge < -0.3 is 14.5 Å². The second kappa shape index (κ2) is 18.3. The van der Waals surface area contributed by atoms with E-state index in [-0.39, 0.29) is 22.8 Å². The van der Waals surface area contributed by atoms with Crippen LogP contribution in [-0.4, -0.2) is 16.2 Å². The minimum atomic E-state index is -0.950. The molecule has 0 amide bonds. The summed E-state index contributed by atoms with van der Waals surface area (Å²) < 4.78 is 54.5. The molecule has 0 atom stereocenters. The van der Waals surface area contributed by atoms with E-state index in [1.807, 2.05) is 36.5 Å². The van der Waals surface area contributed by atoms with E-state index >= 15 is 8.78 Å². The molecule has 2 aromatic heterocycles. The first-order valence-corrected chi connectivity index (χ1v) is 24.7. The van der Waals surface area contributed by atoms with Crippen molar-refractivity contribution in [3.8, 4) is 50.7 Å². The molecule has 72 heavy (non-hydrogen) atoms. The lowest BCUT2D eigenvalue weighted by Gasteiger charge is -2.30. The Kier molecular flexibility index (Phi) is 11.7. The van der Waals surface area contributed by atoms with Crippen LogP contribution in [0.15, 0.2) is 182 Å². The quantitative estimate of drug-likeness (QED) is 0.137. The zero-order valence-electron chi connectivity index (χ0n) is 41.5. The standard InChI is InChI=1S/C64H55F3N4O/c1-39(2)53-31-43(62-55(66)34-45(65)35-56(62)67)32-54(40(3)4)63(53)70-38-69(58-23-15-16-24-59(58)70)46-29-42(50-20-12-11-19-49(50)41-17-9-8-10-18-41)30-48(36-46)72-47-25-26-52-51-21-13-14-22-57(51)71(60(52)37-47)61-33-44(27-28-68-61)64(5,6)7/h8-37,39-40H,38H2,1-7H3. The van der Waals surface area contributed by atoms with Crippen LogP contribution >= 0.6 is 0 Å². The number of halogens is 3. The summed E-state index contributed by atoms with van der Waals surface area (Å²) in [6, 6.07) is 58.0. The molecule has 0 spiro atoms. The van der Waals surface area contributed by atoms with E-state index in [0.717, 1.165) is 95.9 Å². The maximum Gasteiger partial charge on any atom is 0.137 e. The van der Waals surface area contributed by atoms with Crippen molar-refractivity contribution in [1.82, 2.24) is 9.55 Å². The molecule has 1 aliphatic rings. The molecular weight excluding hydrogens is 898 g/mol. The average Bonchev–Trinajstić information content (AvgIpc) is 3.92. The second-order valence-corrected chi connectivity index (χ2v) is 20.5. The fourth-order valence-electron chi connectivity index (χ4n) is 10.4. The van der Waals surface area contributed by atoms with Crippen LogP contribution in [-0.2, 0) is 5.41 Å². The minimum Gasteiger partial charge on any atom is -0.457 e. The Labute approximate surface area is 419 Å². The van der Waals surface area contributed by atoms with Crippen LogP contribution in [0.3, 0.4) is 0 Å². The van der Waals surface area contributed by atoms with E-state index in [9.17, 15) is 4.39 Å². The minimum absolute atomic E-state index is 0.0303. The number of hydrogen-bond donors (Lipinski definition) is 0. The normalized spacial score (nSPS) is 12.7. The number of ether oxygens (including phenoxy) is 1. The molecule has 11 rings (SSSR count). The maximum absolute atomic E-state index is 15.5. The van der Waals surface area contributed by atoms with E-state index < -0.39 is 17.5 Å². The van der Waals surface area contributed by atoms with Crippen LogP contribution in [0.5, 0.6) is 11.5 Å². The first kappa shape index (κ1) is 46.3. The number of pyridine rings is 1. The van der Waals surface area contributed by atoms with E-state index in [2.05, 4.69) is 196 Å². The average molecular weight is 953 g/mol. The van der Waals surface area contributed by atoms with Gasteiger partial charge in [-0.15, -0.1) is 0 Å². The van der Waals surface area contributed by atoms with Crippen molar-refractivity contribution in [3.63, 3.8) is 0 Å². The molecular formula is C64H55F3N4O. The summed E-state index contributed by atoms with van der Waals surface area (Å²) in [6.07, 6.45) is 1.90. The molecule has 3 heterocycles. The second-order valence-electron chi connectivity index (χ2n) is 20.5. The number of fused-ring (bicyclic) bond motifs is 4. The third-order valence-corrected chi connectivity index (χ3v) is 14.0. The van der Waals surface area contributed by atoms with Crippen molar-refractivity contribution in [3.05, 3.63) is 216 Å². The van der Waals surface area contributed by atoms with Crippen molar-refractivity contribution >= 4 is 44.6 Å². The van der Waals surface area contributed by atoms with E-state index in [1.54, 1.807) is 0 Å². The van der Waals surface area contributed by atoms with E-state index in [1.165, 1.54) is 5.56 Å². The number of nitrogens with zero attached hydrogens (tertiary/aromatic N) is 4. The lowest BCUT2D eigenvalue weighted by Crippen LogP contribution is -2.26. The fourth-order valence-corrected chi connectivity index (χ4v) is 10.4. The van der Waals surface area contributed by atoms with Gasteiger partial charge in [0.25, 0.3) is 0 Å². The van der Waals surface area contributed by atoms with Gasteiger partial charge >= 0.3 is 0 Å². The van der Waals surface area contributed by atoms with Gasteiger partial charge in [0.15, 0.2) is 0 Å². The largest absolute Gasteiger partial charge is 0.457 e. The van der Waals surface area contributed by atoms with Gasteiger partial charge in [0.2, 0.25) is 0 Å². The maximum atomic E-state index is 15.5. The van der Waals surface area contributed by atoms with Gasteiger partial charge in [-0.25, -0.2) is 18.2 Å². The molecule has 0 aliphatic carbocycles. The molecule has 0 radical (unpaired) electrons. The molecule has 5 nitrogen and oxygen atoms in total. The number of hydrogen-bond acceptors (Lipinski definition) is 4. The summed E-state index contributed by atoms with van der Waals surface area (Å²) in [5.41, 5.74) is 13.3. The van der Waals surface area contributed by atoms with Crippen LogP contribution in [0.2, 0.25) is 0 Å². The van der Waals surface area contributed by atoms with Crippen LogP contribution in [0.1, 0.15) is 77.0 Å². The molecule has 8 aromatic carbocycles. The molecule has 0 fully saturated rings. The molecule has 0 saturated carbocycles. The van der Waals surface area contributed by atoms with Crippen LogP contribution in [0.4, 0.5) is 35.9 Å². The predicted octanol–water partition coefficient (Wildman–Crippen LogP) is 18.2. The highest BCUT2D eigenvalue weighted by atomic mass is 19.1. The zero-order valence-corrected chi connectivity index (χ0v) is 41.5. The summed E-state index contributed by atoms with van der Waals surface area (Å²) in [4.78, 5) is 9.55. The Hall–Kier alpha value is -8.10. The van der Waals surface area contributed by atoms with Crippen molar-refractivity contribution in [2.24, 2.45) is 0 Å².